The molecule has 0 fully saturated rings. The molecular weight excluding hydrogens is 232 g/mol. The molecule has 0 spiro atoms. The molecule has 17 heavy (non-hydrogen) atoms. The normalized spacial score (nSPS) is 12.4. The van der Waals surface area contributed by atoms with Gasteiger partial charge in [0.25, 0.3) is 0 Å². The van der Waals surface area contributed by atoms with Gasteiger partial charge < -0.3 is 0 Å². The molecule has 0 saturated heterocycles. The number of nitrogens with one attached hydrogen (secondary N) is 1. The molecule has 4 nitrogen and oxygen atoms in total. The predicted octanol–water partition coefficient (Wildman–Crippen LogP) is 1.75. The highest BCUT2D eigenvalue weighted by atomic mass is 32.2. The van der Waals surface area contributed by atoms with Gasteiger partial charge >= 0.3 is 0 Å². The van der Waals surface area contributed by atoms with E-state index < -0.39 is 0 Å². The number of nitrogens with zero attached hydrogens (tertiary/aromatic N) is 2. The van der Waals surface area contributed by atoms with Crippen LogP contribution in [0.4, 0.5) is 0 Å². The third kappa shape index (κ3) is 2.63. The van der Waals surface area contributed by atoms with Crippen molar-refractivity contribution in [3.63, 3.8) is 0 Å². The molecule has 0 aliphatic heterocycles. The first-order valence-corrected chi connectivity index (χ1v) is 6.44. The second-order valence-electron chi connectivity index (χ2n) is 3.47. The summed E-state index contributed by atoms with van der Waals surface area (Å²) in [7, 11) is 0. The lowest BCUT2D eigenvalue weighted by molar-refractivity contribution is 0.609. The lowest BCUT2D eigenvalue weighted by Crippen LogP contribution is -2.30. The Morgan fingerprint density at radius 2 is 2.12 bits per heavy atom. The van der Waals surface area contributed by atoms with Crippen LogP contribution in [0.5, 0.6) is 0 Å². The summed E-state index contributed by atoms with van der Waals surface area (Å²) in [5.74, 6) is 5.63. The summed E-state index contributed by atoms with van der Waals surface area (Å²) in [6, 6.07) is 7.99. The number of rotatable bonds is 4. The molecule has 0 amide bonds. The van der Waals surface area contributed by atoms with Crippen LogP contribution in [-0.4, -0.2) is 16.2 Å². The number of aromatic nitrogens is 2. The van der Waals surface area contributed by atoms with Gasteiger partial charge in [0.15, 0.2) is 0 Å². The zero-order valence-corrected chi connectivity index (χ0v) is 10.3. The number of benzene rings is 1. The molecule has 3 N–H and O–H groups in total. The second-order valence-corrected chi connectivity index (χ2v) is 4.32. The van der Waals surface area contributed by atoms with E-state index in [1.807, 2.05) is 24.5 Å². The predicted molar refractivity (Wildman–Crippen MR) is 69.4 cm³/mol. The highest BCUT2D eigenvalue weighted by Crippen LogP contribution is 2.28. The molecule has 0 aliphatic rings. The monoisotopic (exact) mass is 246 g/mol. The lowest BCUT2D eigenvalue weighted by atomic mass is 10.0. The minimum Gasteiger partial charge on any atom is -0.271 e. The van der Waals surface area contributed by atoms with E-state index in [2.05, 4.69) is 21.5 Å². The molecule has 1 atom stereocenters. The lowest BCUT2D eigenvalue weighted by Gasteiger charge is -2.17. The Labute approximate surface area is 105 Å². The van der Waals surface area contributed by atoms with E-state index in [9.17, 15) is 0 Å². The van der Waals surface area contributed by atoms with E-state index in [1.165, 1.54) is 4.90 Å². The summed E-state index contributed by atoms with van der Waals surface area (Å²) < 4.78 is 0. The molecule has 1 aromatic heterocycles. The first kappa shape index (κ1) is 12.0. The van der Waals surface area contributed by atoms with E-state index in [0.717, 1.165) is 11.3 Å². The Kier molecular flexibility index (Phi) is 4.08. The Morgan fingerprint density at radius 1 is 1.29 bits per heavy atom. The number of nitrogens with two attached hydrogens (primary N) is 1. The first-order valence-electron chi connectivity index (χ1n) is 5.21. The quantitative estimate of drug-likeness (QED) is 0.489. The van der Waals surface area contributed by atoms with Crippen LogP contribution in [0.25, 0.3) is 0 Å². The van der Waals surface area contributed by atoms with Crippen molar-refractivity contribution >= 4 is 11.8 Å². The largest absolute Gasteiger partial charge is 0.271 e. The third-order valence-corrected chi connectivity index (χ3v) is 3.31. The van der Waals surface area contributed by atoms with Gasteiger partial charge in [0, 0.05) is 17.3 Å². The fourth-order valence-electron chi connectivity index (χ4n) is 1.70. The molecule has 1 heterocycles. The van der Waals surface area contributed by atoms with Gasteiger partial charge in [-0.1, -0.05) is 18.2 Å². The van der Waals surface area contributed by atoms with Crippen LogP contribution < -0.4 is 11.3 Å². The first-order chi connectivity index (χ1) is 8.36. The van der Waals surface area contributed by atoms with Gasteiger partial charge in [-0.05, 0) is 17.9 Å². The van der Waals surface area contributed by atoms with Crippen LogP contribution in [0.15, 0.2) is 47.8 Å². The standard InChI is InChI=1S/C12H14N4S/c1-17-11-5-3-2-4-9(11)12(16-13)10-8-14-6-7-15-10/h2-8,12,16H,13H2,1H3. The van der Waals surface area contributed by atoms with Crippen LogP contribution >= 0.6 is 11.8 Å². The average molecular weight is 246 g/mol. The second kappa shape index (κ2) is 5.77. The summed E-state index contributed by atoms with van der Waals surface area (Å²) in [5.41, 5.74) is 4.72. The Morgan fingerprint density at radius 3 is 2.76 bits per heavy atom. The fraction of sp³-hybridized carbons (Fsp3) is 0.167. The van der Waals surface area contributed by atoms with Gasteiger partial charge in [-0.25, -0.2) is 5.43 Å². The molecule has 0 radical (unpaired) electrons. The Balaban J connectivity index is 2.42. The Hall–Kier alpha value is -1.43. The van der Waals surface area contributed by atoms with E-state index in [4.69, 9.17) is 5.84 Å². The van der Waals surface area contributed by atoms with Gasteiger partial charge in [0.2, 0.25) is 0 Å². The highest BCUT2D eigenvalue weighted by Gasteiger charge is 2.16. The highest BCUT2D eigenvalue weighted by molar-refractivity contribution is 7.98. The van der Waals surface area contributed by atoms with Crippen LogP contribution in [-0.2, 0) is 0 Å². The van der Waals surface area contributed by atoms with Gasteiger partial charge in [-0.15, -0.1) is 11.8 Å². The van der Waals surface area contributed by atoms with Gasteiger partial charge in [-0.3, -0.25) is 15.8 Å². The van der Waals surface area contributed by atoms with Gasteiger partial charge in [0.1, 0.15) is 0 Å². The maximum Gasteiger partial charge on any atom is 0.0907 e. The van der Waals surface area contributed by atoms with Crippen LogP contribution in [0, 0.1) is 0 Å². The van der Waals surface area contributed by atoms with Crippen molar-refractivity contribution in [2.24, 2.45) is 5.84 Å². The summed E-state index contributed by atoms with van der Waals surface area (Å²) in [6.07, 6.45) is 7.09. The smallest absolute Gasteiger partial charge is 0.0907 e. The van der Waals surface area contributed by atoms with Crippen molar-refractivity contribution in [2.45, 2.75) is 10.9 Å². The van der Waals surface area contributed by atoms with Gasteiger partial charge in [0.05, 0.1) is 17.9 Å². The Bertz CT molecular complexity index is 475. The van der Waals surface area contributed by atoms with Crippen molar-refractivity contribution in [1.82, 2.24) is 15.4 Å². The minimum absolute atomic E-state index is 0.132. The molecule has 0 aliphatic carbocycles. The van der Waals surface area contributed by atoms with Crippen molar-refractivity contribution < 1.29 is 0 Å². The van der Waals surface area contributed by atoms with Crippen LogP contribution in [0.3, 0.4) is 0 Å². The van der Waals surface area contributed by atoms with E-state index in [0.29, 0.717) is 0 Å². The number of hydrazine groups is 1. The summed E-state index contributed by atoms with van der Waals surface area (Å²) in [5, 5.41) is 0. The SMILES string of the molecule is CSc1ccccc1C(NN)c1cnccn1. The van der Waals surface area contributed by atoms with Crippen molar-refractivity contribution in [1.29, 1.82) is 0 Å². The maximum absolute atomic E-state index is 5.63. The number of hydrogen-bond acceptors (Lipinski definition) is 5. The zero-order chi connectivity index (χ0) is 12.1. The number of thioether (sulfide) groups is 1. The molecule has 2 aromatic rings. The van der Waals surface area contributed by atoms with Crippen LogP contribution in [0.1, 0.15) is 17.3 Å². The topological polar surface area (TPSA) is 63.8 Å². The maximum atomic E-state index is 5.63. The summed E-state index contributed by atoms with van der Waals surface area (Å²) in [4.78, 5) is 9.54. The molecule has 1 aromatic carbocycles. The summed E-state index contributed by atoms with van der Waals surface area (Å²) in [6.45, 7) is 0. The van der Waals surface area contributed by atoms with E-state index in [1.54, 1.807) is 30.4 Å². The fourth-order valence-corrected chi connectivity index (χ4v) is 2.34. The minimum atomic E-state index is -0.132. The molecule has 5 heteroatoms. The number of hydrogen-bond donors (Lipinski definition) is 2. The van der Waals surface area contributed by atoms with Crippen molar-refractivity contribution in [3.8, 4) is 0 Å². The van der Waals surface area contributed by atoms with E-state index >= 15 is 0 Å². The molecule has 88 valence electrons. The van der Waals surface area contributed by atoms with Crippen molar-refractivity contribution in [3.05, 3.63) is 54.1 Å². The molecule has 2 rings (SSSR count). The average Bonchev–Trinajstić information content (AvgIpc) is 2.41. The zero-order valence-electron chi connectivity index (χ0n) is 9.50. The van der Waals surface area contributed by atoms with Gasteiger partial charge in [-0.2, -0.15) is 0 Å². The molecule has 1 unspecified atom stereocenters. The third-order valence-electron chi connectivity index (χ3n) is 2.50. The molecular formula is C12H14N4S. The molecule has 0 saturated carbocycles. The molecule has 0 bridgehead atoms. The van der Waals surface area contributed by atoms with Crippen molar-refractivity contribution in [2.75, 3.05) is 6.26 Å². The van der Waals surface area contributed by atoms with Crippen LogP contribution in [0.2, 0.25) is 0 Å². The summed E-state index contributed by atoms with van der Waals surface area (Å²) >= 11 is 1.69. The van der Waals surface area contributed by atoms with E-state index in [-0.39, 0.29) is 6.04 Å².